The van der Waals surface area contributed by atoms with Crippen LogP contribution in [0.25, 0.3) is 22.1 Å². The standard InChI is InChI=1S/C44H50N2O8/c1-44(2,3)54-42(47)45-19-21-49-23-25-51-26-24-50-22-20-46(30-33-17-18-34-29-35(53-41(34)28-33)27-32-11-5-4-6-12-32)43(48)52-31-40-38-15-9-7-13-36(38)37-14-8-10-16-39(37)40/h4-18,28-29,40H,19-27,30-31H2,1-3H3,(H,45,47). The summed E-state index contributed by atoms with van der Waals surface area (Å²) in [6.07, 6.45) is -0.166. The summed E-state index contributed by atoms with van der Waals surface area (Å²) in [5.41, 5.74) is 7.05. The number of furan rings is 1. The highest BCUT2D eigenvalue weighted by Gasteiger charge is 2.30. The third-order valence-corrected chi connectivity index (χ3v) is 8.99. The first-order chi connectivity index (χ1) is 26.2. The van der Waals surface area contributed by atoms with Crippen molar-refractivity contribution in [2.24, 2.45) is 0 Å². The number of carbonyl (C=O) groups is 2. The lowest BCUT2D eigenvalue weighted by Gasteiger charge is -2.24. The lowest BCUT2D eigenvalue weighted by molar-refractivity contribution is 0.00923. The Morgan fingerprint density at radius 2 is 1.35 bits per heavy atom. The SMILES string of the molecule is CC(C)(C)OC(=O)NCCOCCOCCOCCN(Cc1ccc2cc(Cc3ccccc3)oc2c1)C(=O)OCC1c2ccccc2-c2ccccc21. The minimum atomic E-state index is -0.540. The molecule has 1 heterocycles. The molecular formula is C44H50N2O8. The second-order valence-corrected chi connectivity index (χ2v) is 14.2. The molecule has 0 saturated heterocycles. The highest BCUT2D eigenvalue weighted by Crippen LogP contribution is 2.44. The maximum Gasteiger partial charge on any atom is 0.410 e. The predicted octanol–water partition coefficient (Wildman–Crippen LogP) is 8.35. The van der Waals surface area contributed by atoms with Gasteiger partial charge in [-0.05, 0) is 66.3 Å². The fourth-order valence-electron chi connectivity index (χ4n) is 6.51. The first-order valence-electron chi connectivity index (χ1n) is 18.6. The summed E-state index contributed by atoms with van der Waals surface area (Å²) in [4.78, 5) is 27.1. The van der Waals surface area contributed by atoms with E-state index in [0.717, 1.165) is 22.3 Å². The van der Waals surface area contributed by atoms with Gasteiger partial charge >= 0.3 is 12.2 Å². The number of ether oxygens (including phenoxy) is 5. The number of fused-ring (bicyclic) bond motifs is 4. The number of nitrogens with zero attached hydrogens (tertiary/aromatic N) is 1. The number of hydrogen-bond donors (Lipinski definition) is 1. The summed E-state index contributed by atoms with van der Waals surface area (Å²) in [6.45, 7) is 8.88. The Bertz CT molecular complexity index is 1920. The smallest absolute Gasteiger partial charge is 0.410 e. The van der Waals surface area contributed by atoms with E-state index in [1.165, 1.54) is 27.8 Å². The molecule has 1 aromatic heterocycles. The molecule has 2 amide bonds. The molecule has 10 nitrogen and oxygen atoms in total. The highest BCUT2D eigenvalue weighted by molar-refractivity contribution is 5.80. The summed E-state index contributed by atoms with van der Waals surface area (Å²) < 4.78 is 34.5. The van der Waals surface area contributed by atoms with Crippen LogP contribution in [-0.4, -0.2) is 82.0 Å². The van der Waals surface area contributed by atoms with Gasteiger partial charge in [0.2, 0.25) is 0 Å². The Morgan fingerprint density at radius 3 is 2.04 bits per heavy atom. The topological polar surface area (TPSA) is 109 Å². The summed E-state index contributed by atoms with van der Waals surface area (Å²) in [7, 11) is 0. The molecule has 0 aliphatic heterocycles. The second-order valence-electron chi connectivity index (χ2n) is 14.2. The van der Waals surface area contributed by atoms with Crippen molar-refractivity contribution in [2.45, 2.75) is 45.3 Å². The van der Waals surface area contributed by atoms with Gasteiger partial charge in [-0.25, -0.2) is 9.59 Å². The largest absolute Gasteiger partial charge is 0.461 e. The zero-order valence-electron chi connectivity index (χ0n) is 31.4. The van der Waals surface area contributed by atoms with Crippen molar-refractivity contribution in [3.63, 3.8) is 0 Å². The molecule has 1 aliphatic rings. The Hall–Kier alpha value is -5.16. The number of amides is 2. The first kappa shape index (κ1) is 38.6. The highest BCUT2D eigenvalue weighted by atomic mass is 16.6. The van der Waals surface area contributed by atoms with Crippen LogP contribution < -0.4 is 5.32 Å². The quantitative estimate of drug-likeness (QED) is 0.0896. The van der Waals surface area contributed by atoms with E-state index in [1.807, 2.05) is 81.4 Å². The molecule has 10 heteroatoms. The zero-order chi connectivity index (χ0) is 37.8. The fourth-order valence-corrected chi connectivity index (χ4v) is 6.51. The third-order valence-electron chi connectivity index (χ3n) is 8.99. The van der Waals surface area contributed by atoms with Gasteiger partial charge in [0.1, 0.15) is 23.6 Å². The van der Waals surface area contributed by atoms with E-state index in [-0.39, 0.29) is 12.5 Å². The van der Waals surface area contributed by atoms with Crippen molar-refractivity contribution < 1.29 is 37.7 Å². The van der Waals surface area contributed by atoms with Gasteiger partial charge in [-0.2, -0.15) is 0 Å². The Kier molecular flexibility index (Phi) is 13.4. The number of hydrogen-bond acceptors (Lipinski definition) is 8. The van der Waals surface area contributed by atoms with E-state index in [0.29, 0.717) is 65.7 Å². The van der Waals surface area contributed by atoms with E-state index in [2.05, 4.69) is 47.8 Å². The van der Waals surface area contributed by atoms with Crippen molar-refractivity contribution in [2.75, 3.05) is 59.3 Å². The molecule has 0 fully saturated rings. The van der Waals surface area contributed by atoms with E-state index in [9.17, 15) is 9.59 Å². The van der Waals surface area contributed by atoms with Gasteiger partial charge < -0.3 is 38.3 Å². The number of alkyl carbamates (subject to hydrolysis) is 1. The molecule has 0 unspecified atom stereocenters. The van der Waals surface area contributed by atoms with E-state index in [1.54, 1.807) is 4.90 Å². The molecule has 4 aromatic carbocycles. The minimum absolute atomic E-state index is 0.0377. The van der Waals surface area contributed by atoms with Crippen LogP contribution in [-0.2, 0) is 36.6 Å². The molecule has 0 spiro atoms. The fraction of sp³-hybridized carbons (Fsp3) is 0.364. The summed E-state index contributed by atoms with van der Waals surface area (Å²) in [5, 5.41) is 3.67. The number of rotatable bonds is 18. The molecule has 0 atom stereocenters. The molecule has 1 aliphatic carbocycles. The number of nitrogens with one attached hydrogen (secondary N) is 1. The van der Waals surface area contributed by atoms with E-state index in [4.69, 9.17) is 28.1 Å². The second kappa shape index (κ2) is 18.7. The maximum absolute atomic E-state index is 13.8. The Morgan fingerprint density at radius 1 is 0.722 bits per heavy atom. The average molecular weight is 735 g/mol. The normalized spacial score (nSPS) is 12.4. The molecule has 5 aromatic rings. The molecule has 1 N–H and O–H groups in total. The van der Waals surface area contributed by atoms with Gasteiger partial charge in [0.15, 0.2) is 0 Å². The maximum atomic E-state index is 13.8. The van der Waals surface area contributed by atoms with E-state index < -0.39 is 17.8 Å². The zero-order valence-corrected chi connectivity index (χ0v) is 31.4. The number of benzene rings is 4. The van der Waals surface area contributed by atoms with Gasteiger partial charge in [-0.3, -0.25) is 0 Å². The van der Waals surface area contributed by atoms with Gasteiger partial charge in [-0.1, -0.05) is 91.0 Å². The van der Waals surface area contributed by atoms with Gasteiger partial charge in [0.05, 0.1) is 39.6 Å². The van der Waals surface area contributed by atoms with Crippen molar-refractivity contribution in [3.05, 3.63) is 131 Å². The van der Waals surface area contributed by atoms with Crippen LogP contribution in [0.4, 0.5) is 9.59 Å². The van der Waals surface area contributed by atoms with Crippen LogP contribution in [0.15, 0.2) is 108 Å². The van der Waals surface area contributed by atoms with Crippen molar-refractivity contribution in [1.29, 1.82) is 0 Å². The lowest BCUT2D eigenvalue weighted by Crippen LogP contribution is -2.35. The summed E-state index contributed by atoms with van der Waals surface area (Å²) in [5.74, 6) is 0.850. The van der Waals surface area contributed by atoms with Crippen LogP contribution in [0.1, 0.15) is 54.7 Å². The first-order valence-corrected chi connectivity index (χ1v) is 18.6. The van der Waals surface area contributed by atoms with Crippen molar-refractivity contribution in [1.82, 2.24) is 10.2 Å². The molecule has 0 saturated carbocycles. The van der Waals surface area contributed by atoms with Gasteiger partial charge in [-0.15, -0.1) is 0 Å². The van der Waals surface area contributed by atoms with Crippen LogP contribution in [0.2, 0.25) is 0 Å². The van der Waals surface area contributed by atoms with Crippen molar-refractivity contribution in [3.8, 4) is 11.1 Å². The van der Waals surface area contributed by atoms with Crippen LogP contribution >= 0.6 is 0 Å². The Balaban J connectivity index is 0.999. The summed E-state index contributed by atoms with van der Waals surface area (Å²) >= 11 is 0. The van der Waals surface area contributed by atoms with Crippen LogP contribution in [0.3, 0.4) is 0 Å². The molecule has 0 bridgehead atoms. The molecular weight excluding hydrogens is 684 g/mol. The van der Waals surface area contributed by atoms with Gasteiger partial charge in [0, 0.05) is 37.4 Å². The van der Waals surface area contributed by atoms with E-state index >= 15 is 0 Å². The molecule has 0 radical (unpaired) electrons. The van der Waals surface area contributed by atoms with Crippen LogP contribution in [0, 0.1) is 0 Å². The van der Waals surface area contributed by atoms with Crippen LogP contribution in [0.5, 0.6) is 0 Å². The molecule has 6 rings (SSSR count). The minimum Gasteiger partial charge on any atom is -0.461 e. The predicted molar refractivity (Wildman–Crippen MR) is 208 cm³/mol. The Labute approximate surface area is 317 Å². The number of carbonyl (C=O) groups excluding carboxylic acids is 2. The molecule has 54 heavy (non-hydrogen) atoms. The summed E-state index contributed by atoms with van der Waals surface area (Å²) in [6, 6.07) is 35.0. The monoisotopic (exact) mass is 734 g/mol. The van der Waals surface area contributed by atoms with Crippen molar-refractivity contribution >= 4 is 23.2 Å². The van der Waals surface area contributed by atoms with Gasteiger partial charge in [0.25, 0.3) is 0 Å². The lowest BCUT2D eigenvalue weighted by atomic mass is 9.98. The third kappa shape index (κ3) is 10.9. The average Bonchev–Trinajstić information content (AvgIpc) is 3.71. The molecule has 284 valence electrons.